The van der Waals surface area contributed by atoms with Gasteiger partial charge in [0.15, 0.2) is 0 Å². The predicted molar refractivity (Wildman–Crippen MR) is 21.4 cm³/mol. The lowest BCUT2D eigenvalue weighted by Gasteiger charge is -1.79. The maximum absolute atomic E-state index is 9.19. The Kier molecular flexibility index (Phi) is 3.82. The summed E-state index contributed by atoms with van der Waals surface area (Å²) in [7, 11) is 0.290. The lowest BCUT2D eigenvalue weighted by Crippen LogP contribution is -1.62. The van der Waals surface area contributed by atoms with E-state index in [0.29, 0.717) is 6.47 Å². The smallest absolute Gasteiger partial charge is 0.295 e. The van der Waals surface area contributed by atoms with Gasteiger partial charge in [0.05, 0.1) is 8.81 Å². The minimum absolute atomic E-state index is 0.290. The first kappa shape index (κ1) is 4.90. The average Bonchev–Trinajstić information content (AvgIpc) is 1.41. The van der Waals surface area contributed by atoms with E-state index in [1.165, 1.54) is 0 Å². The van der Waals surface area contributed by atoms with Crippen LogP contribution in [0, 0.1) is 0 Å². The Bertz CT molecular complexity index is 28.8. The van der Waals surface area contributed by atoms with Crippen LogP contribution in [0.3, 0.4) is 0 Å². The molecule has 1 unspecified atom stereocenters. The van der Waals surface area contributed by atoms with Crippen LogP contribution in [0.2, 0.25) is 0 Å². The van der Waals surface area contributed by atoms with Crippen LogP contribution >= 0.6 is 8.81 Å². The largest absolute Gasteiger partial charge is 0.451 e. The van der Waals surface area contributed by atoms with Gasteiger partial charge in [-0.1, -0.05) is 0 Å². The van der Waals surface area contributed by atoms with Crippen molar-refractivity contribution in [3.8, 4) is 0 Å². The van der Waals surface area contributed by atoms with Crippen molar-refractivity contribution in [3.05, 3.63) is 0 Å². The molecule has 0 saturated carbocycles. The van der Waals surface area contributed by atoms with Crippen molar-refractivity contribution in [2.45, 2.75) is 0 Å². The lowest BCUT2D eigenvalue weighted by atomic mass is 11.7. The fraction of sp³-hybridized carbons (Fsp3) is 0.500. The van der Waals surface area contributed by atoms with E-state index >= 15 is 0 Å². The molecule has 0 spiro atoms. The van der Waals surface area contributed by atoms with E-state index in [1.54, 1.807) is 6.66 Å². The van der Waals surface area contributed by atoms with Gasteiger partial charge in [0, 0.05) is 0 Å². The second kappa shape index (κ2) is 3.90. The Morgan fingerprint density at radius 1 is 2.00 bits per heavy atom. The Balaban J connectivity index is 2.40. The highest BCUT2D eigenvalue weighted by Crippen LogP contribution is 1.97. The highest BCUT2D eigenvalue weighted by atomic mass is 31.1. The third kappa shape index (κ3) is 3.90. The highest BCUT2D eigenvalue weighted by Gasteiger charge is 1.61. The minimum atomic E-state index is 0.290. The summed E-state index contributed by atoms with van der Waals surface area (Å²) >= 11 is 0. The van der Waals surface area contributed by atoms with Gasteiger partial charge in [-0.05, 0) is 6.66 Å². The van der Waals surface area contributed by atoms with Crippen LogP contribution < -0.4 is 0 Å². The van der Waals surface area contributed by atoms with Gasteiger partial charge in [-0.3, -0.25) is 4.79 Å². The van der Waals surface area contributed by atoms with Gasteiger partial charge >= 0.3 is 0 Å². The van der Waals surface area contributed by atoms with Crippen LogP contribution in [0.25, 0.3) is 0 Å². The second-order valence-electron chi connectivity index (χ2n) is 0.418. The predicted octanol–water partition coefficient (Wildman–Crippen LogP) is 0.383. The third-order valence-electron chi connectivity index (χ3n) is 0.166. The van der Waals surface area contributed by atoms with E-state index in [9.17, 15) is 4.79 Å². The van der Waals surface area contributed by atoms with Crippen molar-refractivity contribution in [2.75, 3.05) is 6.66 Å². The van der Waals surface area contributed by atoms with Crippen molar-refractivity contribution in [3.63, 3.8) is 0 Å². The topological polar surface area (TPSA) is 26.3 Å². The molecular formula is C2H5O2P. The van der Waals surface area contributed by atoms with Gasteiger partial charge in [0.25, 0.3) is 6.47 Å². The molecule has 3 heteroatoms. The summed E-state index contributed by atoms with van der Waals surface area (Å²) in [5.41, 5.74) is 0. The van der Waals surface area contributed by atoms with E-state index in [4.69, 9.17) is 0 Å². The Labute approximate surface area is 32.4 Å². The van der Waals surface area contributed by atoms with Crippen LogP contribution in [0.1, 0.15) is 0 Å². The zero-order chi connectivity index (χ0) is 4.12. The molecular weight excluding hydrogens is 87.0 g/mol. The van der Waals surface area contributed by atoms with Crippen LogP contribution in [0.4, 0.5) is 0 Å². The lowest BCUT2D eigenvalue weighted by molar-refractivity contribution is -0.119. The van der Waals surface area contributed by atoms with Crippen LogP contribution in [-0.4, -0.2) is 13.1 Å². The SMILES string of the molecule is CPOC=O. The van der Waals surface area contributed by atoms with Gasteiger partial charge < -0.3 is 4.52 Å². The van der Waals surface area contributed by atoms with E-state index in [2.05, 4.69) is 4.52 Å². The molecule has 0 bridgehead atoms. The van der Waals surface area contributed by atoms with Crippen LogP contribution in [-0.2, 0) is 9.32 Å². The number of hydrogen-bond donors (Lipinski definition) is 0. The molecule has 30 valence electrons. The first-order valence-electron chi connectivity index (χ1n) is 1.18. The molecule has 1 atom stereocenters. The van der Waals surface area contributed by atoms with Gasteiger partial charge in [-0.2, -0.15) is 0 Å². The normalized spacial score (nSPS) is 9.00. The zero-order valence-corrected chi connectivity index (χ0v) is 3.89. The standard InChI is InChI=1S/C2H5O2P/c1-5-4-2-3/h2,5H,1H3. The quantitative estimate of drug-likeness (QED) is 0.363. The maximum atomic E-state index is 9.19. The van der Waals surface area contributed by atoms with Gasteiger partial charge in [0.2, 0.25) is 0 Å². The molecule has 0 rings (SSSR count). The van der Waals surface area contributed by atoms with E-state index in [0.717, 1.165) is 0 Å². The van der Waals surface area contributed by atoms with Crippen LogP contribution in [0.15, 0.2) is 0 Å². The average molecular weight is 92.0 g/mol. The molecule has 0 N–H and O–H groups in total. The number of carbonyl (C=O) groups is 1. The Hall–Kier alpha value is -0.100. The van der Waals surface area contributed by atoms with Crippen molar-refractivity contribution < 1.29 is 9.32 Å². The summed E-state index contributed by atoms with van der Waals surface area (Å²) in [5, 5.41) is 0. The molecule has 0 amide bonds. The van der Waals surface area contributed by atoms with E-state index in [-0.39, 0.29) is 8.81 Å². The van der Waals surface area contributed by atoms with Crippen molar-refractivity contribution >= 4 is 15.3 Å². The van der Waals surface area contributed by atoms with Gasteiger partial charge in [-0.15, -0.1) is 0 Å². The summed E-state index contributed by atoms with van der Waals surface area (Å²) in [4.78, 5) is 9.19. The number of rotatable bonds is 2. The van der Waals surface area contributed by atoms with Gasteiger partial charge in [-0.25, -0.2) is 0 Å². The Morgan fingerprint density at radius 3 is 2.60 bits per heavy atom. The molecule has 0 fully saturated rings. The zero-order valence-electron chi connectivity index (χ0n) is 2.89. The summed E-state index contributed by atoms with van der Waals surface area (Å²) in [6, 6.07) is 0. The molecule has 0 radical (unpaired) electrons. The fourth-order valence-corrected chi connectivity index (χ4v) is 0.144. The molecule has 0 aromatic heterocycles. The van der Waals surface area contributed by atoms with E-state index < -0.39 is 0 Å². The molecule has 0 aromatic carbocycles. The summed E-state index contributed by atoms with van der Waals surface area (Å²) in [6.45, 7) is 2.23. The molecule has 0 aliphatic rings. The fourth-order valence-electron chi connectivity index (χ4n) is 0.0481. The second-order valence-corrected chi connectivity index (χ2v) is 1.06. The minimum Gasteiger partial charge on any atom is -0.451 e. The molecule has 0 aliphatic heterocycles. The third-order valence-corrected chi connectivity index (χ3v) is 0.498. The van der Waals surface area contributed by atoms with Crippen LogP contribution in [0.5, 0.6) is 0 Å². The van der Waals surface area contributed by atoms with Crippen molar-refractivity contribution in [1.82, 2.24) is 0 Å². The van der Waals surface area contributed by atoms with Crippen molar-refractivity contribution in [2.24, 2.45) is 0 Å². The van der Waals surface area contributed by atoms with Gasteiger partial charge in [0.1, 0.15) is 0 Å². The molecule has 0 saturated heterocycles. The van der Waals surface area contributed by atoms with Crippen molar-refractivity contribution in [1.29, 1.82) is 0 Å². The number of hydrogen-bond acceptors (Lipinski definition) is 2. The number of carbonyl (C=O) groups excluding carboxylic acids is 1. The molecule has 0 aliphatic carbocycles. The molecule has 2 nitrogen and oxygen atoms in total. The highest BCUT2D eigenvalue weighted by molar-refractivity contribution is 7.31. The molecule has 0 aromatic rings. The monoisotopic (exact) mass is 92.0 g/mol. The molecule has 0 heterocycles. The summed E-state index contributed by atoms with van der Waals surface area (Å²) in [5.74, 6) is 0. The molecule has 5 heavy (non-hydrogen) atoms. The first-order valence-corrected chi connectivity index (χ1v) is 2.58. The Morgan fingerprint density at radius 2 is 2.60 bits per heavy atom. The summed E-state index contributed by atoms with van der Waals surface area (Å²) in [6.07, 6.45) is 0. The maximum Gasteiger partial charge on any atom is 0.295 e. The first-order chi connectivity index (χ1) is 2.41. The van der Waals surface area contributed by atoms with E-state index in [1.807, 2.05) is 0 Å². The summed E-state index contributed by atoms with van der Waals surface area (Å²) < 4.78 is 4.18.